The first kappa shape index (κ1) is 25.4. The number of aryl methyl sites for hydroxylation is 4. The lowest BCUT2D eigenvalue weighted by atomic mass is 10.00. The number of carbonyl (C=O) groups is 1. The molecular formula is C21H31IN4O2S. The zero-order valence-corrected chi connectivity index (χ0v) is 21.3. The quantitative estimate of drug-likeness (QED) is 0.247. The minimum atomic E-state index is -0.316. The number of halogens is 1. The Labute approximate surface area is 194 Å². The third kappa shape index (κ3) is 6.67. The molecule has 0 aliphatic heterocycles. The summed E-state index contributed by atoms with van der Waals surface area (Å²) in [5, 5.41) is 7.55. The second-order valence-corrected chi connectivity index (χ2v) is 7.89. The van der Waals surface area contributed by atoms with Crippen LogP contribution in [0.3, 0.4) is 0 Å². The van der Waals surface area contributed by atoms with Gasteiger partial charge in [-0.3, -0.25) is 4.99 Å². The van der Waals surface area contributed by atoms with Gasteiger partial charge < -0.3 is 15.4 Å². The molecule has 0 fully saturated rings. The number of thiazole rings is 1. The van der Waals surface area contributed by atoms with Crippen LogP contribution >= 0.6 is 35.3 Å². The maximum Gasteiger partial charge on any atom is 0.350 e. The number of aromatic nitrogens is 1. The number of nitrogens with one attached hydrogen (secondary N) is 2. The fourth-order valence-corrected chi connectivity index (χ4v) is 4.07. The van der Waals surface area contributed by atoms with Crippen molar-refractivity contribution in [2.75, 3.05) is 13.7 Å². The van der Waals surface area contributed by atoms with E-state index in [-0.39, 0.29) is 36.0 Å². The molecule has 0 bridgehead atoms. The molecule has 2 rings (SSSR count). The first-order valence-corrected chi connectivity index (χ1v) is 10.3. The number of aliphatic imine (C=N–C) groups is 1. The summed E-state index contributed by atoms with van der Waals surface area (Å²) in [7, 11) is 1.74. The van der Waals surface area contributed by atoms with Crippen molar-refractivity contribution < 1.29 is 9.53 Å². The van der Waals surface area contributed by atoms with Crippen molar-refractivity contribution in [3.8, 4) is 0 Å². The predicted octanol–water partition coefficient (Wildman–Crippen LogP) is 4.60. The monoisotopic (exact) mass is 530 g/mol. The smallest absolute Gasteiger partial charge is 0.350 e. The molecule has 0 amide bonds. The fourth-order valence-electron chi connectivity index (χ4n) is 3.11. The van der Waals surface area contributed by atoms with E-state index in [1.54, 1.807) is 14.0 Å². The third-order valence-electron chi connectivity index (χ3n) is 4.49. The molecule has 6 nitrogen and oxygen atoms in total. The molecule has 1 atom stereocenters. The molecule has 160 valence electrons. The number of hydrogen-bond acceptors (Lipinski definition) is 5. The molecule has 1 unspecified atom stereocenters. The Morgan fingerprint density at radius 2 is 1.86 bits per heavy atom. The highest BCUT2D eigenvalue weighted by molar-refractivity contribution is 14.0. The zero-order chi connectivity index (χ0) is 20.8. The van der Waals surface area contributed by atoms with E-state index in [0.717, 1.165) is 5.01 Å². The Hall–Kier alpha value is -1.68. The standard InChI is InChI=1S/C21H30N4O2S.HI/c1-8-27-20(26)18-15(5)24-19(28-18)16(6)25-21(22-7)23-11-17-13(3)9-12(2)10-14(17)4;/h9-10,16H,8,11H2,1-7H3,(H2,22,23,25);1H. The average Bonchev–Trinajstić information content (AvgIpc) is 3.01. The number of hydrogen-bond donors (Lipinski definition) is 2. The van der Waals surface area contributed by atoms with Crippen molar-refractivity contribution in [2.45, 2.75) is 54.1 Å². The number of benzene rings is 1. The van der Waals surface area contributed by atoms with E-state index in [1.165, 1.54) is 33.6 Å². The second-order valence-electron chi connectivity index (χ2n) is 6.86. The van der Waals surface area contributed by atoms with Crippen LogP contribution in [-0.2, 0) is 11.3 Å². The van der Waals surface area contributed by atoms with Gasteiger partial charge in [0.25, 0.3) is 0 Å². The largest absolute Gasteiger partial charge is 0.462 e. The van der Waals surface area contributed by atoms with E-state index >= 15 is 0 Å². The van der Waals surface area contributed by atoms with Crippen molar-refractivity contribution >= 4 is 47.2 Å². The fraction of sp³-hybridized carbons (Fsp3) is 0.476. The zero-order valence-electron chi connectivity index (χ0n) is 18.2. The van der Waals surface area contributed by atoms with E-state index < -0.39 is 0 Å². The van der Waals surface area contributed by atoms with Crippen molar-refractivity contribution in [3.63, 3.8) is 0 Å². The van der Waals surface area contributed by atoms with Gasteiger partial charge in [-0.15, -0.1) is 35.3 Å². The Balaban J connectivity index is 0.00000420. The minimum Gasteiger partial charge on any atom is -0.462 e. The molecule has 0 aliphatic carbocycles. The van der Waals surface area contributed by atoms with Gasteiger partial charge in [0, 0.05) is 13.6 Å². The van der Waals surface area contributed by atoms with Gasteiger partial charge in [-0.25, -0.2) is 9.78 Å². The molecule has 0 aliphatic rings. The molecule has 1 aromatic carbocycles. The third-order valence-corrected chi connectivity index (χ3v) is 5.81. The summed E-state index contributed by atoms with van der Waals surface area (Å²) in [6, 6.07) is 4.30. The molecule has 8 heteroatoms. The topological polar surface area (TPSA) is 75.6 Å². The lowest BCUT2D eigenvalue weighted by Crippen LogP contribution is -2.38. The number of ether oxygens (including phenoxy) is 1. The normalized spacial score (nSPS) is 12.2. The van der Waals surface area contributed by atoms with Crippen LogP contribution in [0.1, 0.15) is 62.5 Å². The SMILES string of the molecule is CCOC(=O)c1sc(C(C)NC(=NC)NCc2c(C)cc(C)cc2C)nc1C.I. The maximum absolute atomic E-state index is 12.0. The van der Waals surface area contributed by atoms with Crippen molar-refractivity contribution in [3.05, 3.63) is 50.0 Å². The lowest BCUT2D eigenvalue weighted by Gasteiger charge is -2.18. The van der Waals surface area contributed by atoms with Gasteiger partial charge in [0.2, 0.25) is 0 Å². The van der Waals surface area contributed by atoms with E-state index in [2.05, 4.69) is 53.5 Å². The average molecular weight is 530 g/mol. The maximum atomic E-state index is 12.0. The number of esters is 1. The van der Waals surface area contributed by atoms with Crippen LogP contribution in [0.15, 0.2) is 17.1 Å². The number of carbonyl (C=O) groups excluding carboxylic acids is 1. The van der Waals surface area contributed by atoms with E-state index in [4.69, 9.17) is 4.74 Å². The number of rotatable bonds is 6. The molecule has 1 aromatic heterocycles. The second kappa shape index (κ2) is 11.5. The van der Waals surface area contributed by atoms with E-state index in [9.17, 15) is 4.79 Å². The summed E-state index contributed by atoms with van der Waals surface area (Å²) in [6.07, 6.45) is 0. The van der Waals surface area contributed by atoms with Crippen LogP contribution in [-0.4, -0.2) is 30.6 Å². The molecule has 0 saturated carbocycles. The molecule has 0 saturated heterocycles. The van der Waals surface area contributed by atoms with Crippen molar-refractivity contribution in [2.24, 2.45) is 4.99 Å². The van der Waals surface area contributed by atoms with Crippen LogP contribution in [0.2, 0.25) is 0 Å². The van der Waals surface area contributed by atoms with Crippen molar-refractivity contribution in [1.29, 1.82) is 0 Å². The highest BCUT2D eigenvalue weighted by Gasteiger charge is 2.20. The summed E-state index contributed by atoms with van der Waals surface area (Å²) in [5.41, 5.74) is 5.77. The van der Waals surface area contributed by atoms with E-state index in [1.807, 2.05) is 13.8 Å². The van der Waals surface area contributed by atoms with Gasteiger partial charge in [0.15, 0.2) is 5.96 Å². The summed E-state index contributed by atoms with van der Waals surface area (Å²) in [6.45, 7) is 13.0. The number of nitrogens with zero attached hydrogens (tertiary/aromatic N) is 2. The molecule has 1 heterocycles. The molecule has 2 N–H and O–H groups in total. The van der Waals surface area contributed by atoms with Gasteiger partial charge in [-0.2, -0.15) is 0 Å². The van der Waals surface area contributed by atoms with Crippen LogP contribution < -0.4 is 10.6 Å². The molecule has 0 spiro atoms. The van der Waals surface area contributed by atoms with Crippen LogP contribution in [0.25, 0.3) is 0 Å². The van der Waals surface area contributed by atoms with Gasteiger partial charge in [0.1, 0.15) is 9.88 Å². The first-order chi connectivity index (χ1) is 13.3. The van der Waals surface area contributed by atoms with Gasteiger partial charge in [0.05, 0.1) is 18.3 Å². The molecule has 2 aromatic rings. The Bertz CT molecular complexity index is 857. The summed E-state index contributed by atoms with van der Waals surface area (Å²) >= 11 is 1.36. The molecule has 29 heavy (non-hydrogen) atoms. The minimum absolute atomic E-state index is 0. The van der Waals surface area contributed by atoms with E-state index in [0.29, 0.717) is 29.7 Å². The van der Waals surface area contributed by atoms with Crippen molar-refractivity contribution in [1.82, 2.24) is 15.6 Å². The highest BCUT2D eigenvalue weighted by Crippen LogP contribution is 2.24. The number of guanidine groups is 1. The summed E-state index contributed by atoms with van der Waals surface area (Å²) < 4.78 is 5.10. The Morgan fingerprint density at radius 3 is 2.41 bits per heavy atom. The van der Waals surface area contributed by atoms with Crippen LogP contribution in [0.5, 0.6) is 0 Å². The van der Waals surface area contributed by atoms with Crippen LogP contribution in [0, 0.1) is 27.7 Å². The first-order valence-electron chi connectivity index (χ1n) is 9.45. The Morgan fingerprint density at radius 1 is 1.24 bits per heavy atom. The van der Waals surface area contributed by atoms with Gasteiger partial charge in [-0.1, -0.05) is 17.7 Å². The highest BCUT2D eigenvalue weighted by atomic mass is 127. The molecule has 0 radical (unpaired) electrons. The lowest BCUT2D eigenvalue weighted by molar-refractivity contribution is 0.0531. The molecular weight excluding hydrogens is 499 g/mol. The van der Waals surface area contributed by atoms with Gasteiger partial charge in [-0.05, 0) is 58.2 Å². The van der Waals surface area contributed by atoms with Crippen LogP contribution in [0.4, 0.5) is 0 Å². The van der Waals surface area contributed by atoms with Gasteiger partial charge >= 0.3 is 5.97 Å². The Kier molecular flexibility index (Phi) is 10.0. The summed E-state index contributed by atoms with van der Waals surface area (Å²) in [4.78, 5) is 21.4. The predicted molar refractivity (Wildman–Crippen MR) is 131 cm³/mol. The summed E-state index contributed by atoms with van der Waals surface area (Å²) in [5.74, 6) is 0.376.